The van der Waals surface area contributed by atoms with E-state index in [9.17, 15) is 9.59 Å². The zero-order valence-electron chi connectivity index (χ0n) is 10.1. The van der Waals surface area contributed by atoms with E-state index in [1.807, 2.05) is 6.08 Å². The van der Waals surface area contributed by atoms with E-state index < -0.39 is 23.3 Å². The molecule has 4 nitrogen and oxygen atoms in total. The second kappa shape index (κ2) is 5.05. The molecule has 0 heterocycles. The lowest BCUT2D eigenvalue weighted by Gasteiger charge is -2.28. The van der Waals surface area contributed by atoms with Gasteiger partial charge in [-0.15, -0.1) is 6.42 Å². The molecule has 0 aliphatic heterocycles. The van der Waals surface area contributed by atoms with E-state index in [0.29, 0.717) is 12.8 Å². The van der Waals surface area contributed by atoms with Crippen molar-refractivity contribution in [1.82, 2.24) is 5.32 Å². The Morgan fingerprint density at radius 1 is 1.35 bits per heavy atom. The van der Waals surface area contributed by atoms with Crippen LogP contribution in [0.15, 0.2) is 12.2 Å². The molecule has 0 aromatic rings. The summed E-state index contributed by atoms with van der Waals surface area (Å²) in [5.41, 5.74) is -0.749. The Balaban J connectivity index is 2.77. The summed E-state index contributed by atoms with van der Waals surface area (Å²) in [5, 5.41) is 11.7. The van der Waals surface area contributed by atoms with E-state index in [4.69, 9.17) is 11.5 Å². The number of nitrogens with one attached hydrogen (secondary N) is 1. The first-order chi connectivity index (χ1) is 7.87. The Labute approximate surface area is 101 Å². The van der Waals surface area contributed by atoms with Crippen LogP contribution in [0.1, 0.15) is 26.7 Å². The van der Waals surface area contributed by atoms with Crippen LogP contribution < -0.4 is 5.32 Å². The lowest BCUT2D eigenvalue weighted by atomic mass is 9.82. The molecule has 0 spiro atoms. The van der Waals surface area contributed by atoms with Gasteiger partial charge in [0.05, 0.1) is 17.4 Å². The van der Waals surface area contributed by atoms with Crippen molar-refractivity contribution in [2.75, 3.05) is 0 Å². The fourth-order valence-electron chi connectivity index (χ4n) is 1.81. The first-order valence-corrected chi connectivity index (χ1v) is 5.55. The zero-order valence-corrected chi connectivity index (χ0v) is 10.1. The third kappa shape index (κ3) is 3.35. The second-order valence-corrected chi connectivity index (χ2v) is 4.75. The minimum Gasteiger partial charge on any atom is -0.481 e. The van der Waals surface area contributed by atoms with E-state index in [1.54, 1.807) is 19.9 Å². The maximum absolute atomic E-state index is 12.0. The molecule has 0 aromatic heterocycles. The van der Waals surface area contributed by atoms with Gasteiger partial charge >= 0.3 is 5.97 Å². The highest BCUT2D eigenvalue weighted by Crippen LogP contribution is 2.26. The van der Waals surface area contributed by atoms with Crippen LogP contribution in [0, 0.1) is 24.2 Å². The number of carbonyl (C=O) groups is 2. The highest BCUT2D eigenvalue weighted by Gasteiger charge is 2.35. The monoisotopic (exact) mass is 235 g/mol. The summed E-state index contributed by atoms with van der Waals surface area (Å²) in [4.78, 5) is 23.0. The number of carbonyl (C=O) groups excluding carboxylic acids is 1. The molecule has 2 atom stereocenters. The normalized spacial score (nSPS) is 23.8. The molecule has 0 aromatic carbocycles. The molecular weight excluding hydrogens is 218 g/mol. The molecule has 0 fully saturated rings. The SMILES string of the molecule is C#CC(C)(C)NC(=O)[C@@H]1CC=CC[C@@H]1C(=O)O. The Morgan fingerprint density at radius 3 is 2.35 bits per heavy atom. The lowest BCUT2D eigenvalue weighted by molar-refractivity contribution is -0.147. The summed E-state index contributed by atoms with van der Waals surface area (Å²) < 4.78 is 0. The molecule has 1 rings (SSSR count). The summed E-state index contributed by atoms with van der Waals surface area (Å²) in [6.45, 7) is 3.42. The van der Waals surface area contributed by atoms with Crippen LogP contribution in [0.5, 0.6) is 0 Å². The van der Waals surface area contributed by atoms with Crippen molar-refractivity contribution in [3.8, 4) is 12.3 Å². The van der Waals surface area contributed by atoms with Crippen molar-refractivity contribution in [3.63, 3.8) is 0 Å². The van der Waals surface area contributed by atoms with E-state index >= 15 is 0 Å². The van der Waals surface area contributed by atoms with Gasteiger partial charge in [0.2, 0.25) is 5.91 Å². The minimum atomic E-state index is -0.937. The lowest BCUT2D eigenvalue weighted by Crippen LogP contribution is -2.47. The summed E-state index contributed by atoms with van der Waals surface area (Å²) in [6.07, 6.45) is 9.76. The van der Waals surface area contributed by atoms with Gasteiger partial charge in [0.1, 0.15) is 0 Å². The topological polar surface area (TPSA) is 66.4 Å². The van der Waals surface area contributed by atoms with Crippen molar-refractivity contribution in [1.29, 1.82) is 0 Å². The molecule has 0 bridgehead atoms. The van der Waals surface area contributed by atoms with Crippen LogP contribution in [0.25, 0.3) is 0 Å². The van der Waals surface area contributed by atoms with Crippen molar-refractivity contribution in [2.45, 2.75) is 32.2 Å². The van der Waals surface area contributed by atoms with Crippen molar-refractivity contribution >= 4 is 11.9 Å². The molecule has 2 N–H and O–H groups in total. The highest BCUT2D eigenvalue weighted by molar-refractivity contribution is 5.86. The van der Waals surface area contributed by atoms with Crippen LogP contribution >= 0.6 is 0 Å². The quantitative estimate of drug-likeness (QED) is 0.570. The van der Waals surface area contributed by atoms with E-state index in [-0.39, 0.29) is 5.91 Å². The standard InChI is InChI=1S/C13H17NO3/c1-4-13(2,3)14-11(15)9-7-5-6-8-10(9)12(16)17/h1,5-6,9-10H,7-8H2,2-3H3,(H,14,15)(H,16,17)/t9-,10+/m1/s1. The van der Waals surface area contributed by atoms with Gasteiger partial charge in [-0.2, -0.15) is 0 Å². The molecular formula is C13H17NO3. The Bertz CT molecular complexity index is 390. The first kappa shape index (κ1) is 13.3. The third-order valence-corrected chi connectivity index (χ3v) is 2.88. The van der Waals surface area contributed by atoms with Crippen LogP contribution in [-0.2, 0) is 9.59 Å². The number of allylic oxidation sites excluding steroid dienone is 2. The molecule has 1 aliphatic rings. The van der Waals surface area contributed by atoms with E-state index in [2.05, 4.69) is 11.2 Å². The largest absolute Gasteiger partial charge is 0.481 e. The smallest absolute Gasteiger partial charge is 0.307 e. The molecule has 0 unspecified atom stereocenters. The Morgan fingerprint density at radius 2 is 1.88 bits per heavy atom. The number of carboxylic acid groups (broad SMARTS) is 1. The van der Waals surface area contributed by atoms with Gasteiger partial charge in [0.25, 0.3) is 0 Å². The van der Waals surface area contributed by atoms with E-state index in [1.165, 1.54) is 0 Å². The fraction of sp³-hybridized carbons (Fsp3) is 0.538. The van der Waals surface area contributed by atoms with Gasteiger partial charge in [-0.25, -0.2) is 0 Å². The average Bonchev–Trinajstić information content (AvgIpc) is 2.28. The molecule has 0 radical (unpaired) electrons. The predicted octanol–water partition coefficient (Wildman–Crippen LogP) is 1.18. The third-order valence-electron chi connectivity index (χ3n) is 2.88. The molecule has 0 saturated heterocycles. The van der Waals surface area contributed by atoms with Crippen molar-refractivity contribution < 1.29 is 14.7 Å². The summed E-state index contributed by atoms with van der Waals surface area (Å²) in [7, 11) is 0. The van der Waals surface area contributed by atoms with Gasteiger partial charge in [0.15, 0.2) is 0 Å². The van der Waals surface area contributed by atoms with Crippen LogP contribution in [0.3, 0.4) is 0 Å². The number of terminal acetylenes is 1. The molecule has 1 amide bonds. The molecule has 92 valence electrons. The summed E-state index contributed by atoms with van der Waals surface area (Å²) >= 11 is 0. The van der Waals surface area contributed by atoms with Crippen LogP contribution in [0.4, 0.5) is 0 Å². The highest BCUT2D eigenvalue weighted by atomic mass is 16.4. The van der Waals surface area contributed by atoms with Gasteiger partial charge in [0, 0.05) is 0 Å². The van der Waals surface area contributed by atoms with Crippen LogP contribution in [0.2, 0.25) is 0 Å². The minimum absolute atomic E-state index is 0.287. The van der Waals surface area contributed by atoms with Gasteiger partial charge < -0.3 is 10.4 Å². The summed E-state index contributed by atoms with van der Waals surface area (Å²) in [6, 6.07) is 0. The fourth-order valence-corrected chi connectivity index (χ4v) is 1.81. The van der Waals surface area contributed by atoms with Gasteiger partial charge in [-0.3, -0.25) is 9.59 Å². The van der Waals surface area contributed by atoms with Crippen molar-refractivity contribution in [3.05, 3.63) is 12.2 Å². The second-order valence-electron chi connectivity index (χ2n) is 4.75. The number of amides is 1. The van der Waals surface area contributed by atoms with E-state index in [0.717, 1.165) is 0 Å². The predicted molar refractivity (Wildman–Crippen MR) is 64.0 cm³/mol. The molecule has 17 heavy (non-hydrogen) atoms. The number of hydrogen-bond donors (Lipinski definition) is 2. The molecule has 4 heteroatoms. The number of rotatable bonds is 3. The number of aliphatic carboxylic acids is 1. The average molecular weight is 235 g/mol. The summed E-state index contributed by atoms with van der Waals surface area (Å²) in [5.74, 6) is 0.0380. The van der Waals surface area contributed by atoms with Gasteiger partial charge in [-0.05, 0) is 26.7 Å². The van der Waals surface area contributed by atoms with Crippen molar-refractivity contribution in [2.24, 2.45) is 11.8 Å². The molecule has 1 aliphatic carbocycles. The number of hydrogen-bond acceptors (Lipinski definition) is 2. The molecule has 0 saturated carbocycles. The zero-order chi connectivity index (χ0) is 13.1. The Hall–Kier alpha value is -1.76. The Kier molecular flexibility index (Phi) is 3.95. The van der Waals surface area contributed by atoms with Crippen LogP contribution in [-0.4, -0.2) is 22.5 Å². The number of carboxylic acids is 1. The maximum Gasteiger partial charge on any atom is 0.307 e. The van der Waals surface area contributed by atoms with Gasteiger partial charge in [-0.1, -0.05) is 18.1 Å². The maximum atomic E-state index is 12.0. The first-order valence-electron chi connectivity index (χ1n) is 5.55.